The number of hydrogen-bond donors (Lipinski definition) is 2. The van der Waals surface area contributed by atoms with E-state index >= 15 is 0 Å². The molecule has 0 bridgehead atoms. The second-order valence-corrected chi connectivity index (χ2v) is 6.90. The van der Waals surface area contributed by atoms with Gasteiger partial charge in [0.1, 0.15) is 0 Å². The van der Waals surface area contributed by atoms with Crippen LogP contribution in [0.5, 0.6) is 0 Å². The Kier molecular flexibility index (Phi) is 4.58. The van der Waals surface area contributed by atoms with Gasteiger partial charge in [0, 0.05) is 12.1 Å². The molecule has 1 aliphatic carbocycles. The molecule has 0 aromatic heterocycles. The largest absolute Gasteiger partial charge is 0.481 e. The Labute approximate surface area is 121 Å². The molecule has 1 aromatic rings. The number of hydrogen-bond acceptors (Lipinski definition) is 3. The van der Waals surface area contributed by atoms with Gasteiger partial charge in [-0.15, -0.1) is 0 Å². The van der Waals surface area contributed by atoms with Crippen LogP contribution < -0.4 is 4.72 Å². The summed E-state index contributed by atoms with van der Waals surface area (Å²) in [6, 6.07) is 5.07. The van der Waals surface area contributed by atoms with Crippen molar-refractivity contribution >= 4 is 16.0 Å². The van der Waals surface area contributed by atoms with E-state index in [1.54, 1.807) is 0 Å². The van der Waals surface area contributed by atoms with Gasteiger partial charge >= 0.3 is 5.97 Å². The maximum atomic E-state index is 12.4. The van der Waals surface area contributed by atoms with Gasteiger partial charge in [-0.2, -0.15) is 0 Å². The van der Waals surface area contributed by atoms with E-state index in [2.05, 4.69) is 4.72 Å². The van der Waals surface area contributed by atoms with Crippen molar-refractivity contribution in [2.45, 2.75) is 18.6 Å². The van der Waals surface area contributed by atoms with Crippen LogP contribution in [0.2, 0.25) is 0 Å². The standard InChI is InChI=1S/C13H15F2NO4S/c14-12(15)9-3-1-8(2-4-9)7-21(19,20)16-6-10-5-11(10)13(17)18/h1-4,10-12,16H,5-7H2,(H,17,18)/t10-,11+/m0/s1. The van der Waals surface area contributed by atoms with E-state index in [4.69, 9.17) is 5.11 Å². The van der Waals surface area contributed by atoms with Crippen molar-refractivity contribution in [3.8, 4) is 0 Å². The highest BCUT2D eigenvalue weighted by atomic mass is 32.2. The van der Waals surface area contributed by atoms with Crippen molar-refractivity contribution in [2.24, 2.45) is 11.8 Å². The first-order chi connectivity index (χ1) is 9.78. The summed E-state index contributed by atoms with van der Waals surface area (Å²) in [6.07, 6.45) is -2.11. The Bertz CT molecular complexity index is 616. The molecule has 0 spiro atoms. The number of carbonyl (C=O) groups is 1. The van der Waals surface area contributed by atoms with Crippen molar-refractivity contribution in [3.05, 3.63) is 35.4 Å². The third-order valence-corrected chi connectivity index (χ3v) is 4.71. The van der Waals surface area contributed by atoms with E-state index in [-0.39, 0.29) is 23.8 Å². The number of carboxylic acids is 1. The summed E-state index contributed by atoms with van der Waals surface area (Å²) in [5.41, 5.74) is 0.240. The predicted molar refractivity (Wildman–Crippen MR) is 71.3 cm³/mol. The zero-order chi connectivity index (χ0) is 15.6. The first-order valence-corrected chi connectivity index (χ1v) is 8.01. The van der Waals surface area contributed by atoms with Crippen LogP contribution in [-0.2, 0) is 20.6 Å². The van der Waals surface area contributed by atoms with Gasteiger partial charge in [-0.1, -0.05) is 24.3 Å². The van der Waals surface area contributed by atoms with Gasteiger partial charge in [-0.05, 0) is 17.9 Å². The van der Waals surface area contributed by atoms with E-state index < -0.39 is 28.3 Å². The van der Waals surface area contributed by atoms with Crippen LogP contribution in [0.25, 0.3) is 0 Å². The number of nitrogens with one attached hydrogen (secondary N) is 1. The summed E-state index contributed by atoms with van der Waals surface area (Å²) in [5, 5.41) is 8.72. The molecule has 0 aliphatic heterocycles. The number of benzene rings is 1. The highest BCUT2D eigenvalue weighted by Crippen LogP contribution is 2.38. The number of halogens is 2. The molecule has 0 saturated heterocycles. The van der Waals surface area contributed by atoms with Crippen molar-refractivity contribution in [2.75, 3.05) is 6.54 Å². The van der Waals surface area contributed by atoms with Gasteiger partial charge in [0.15, 0.2) is 0 Å². The van der Waals surface area contributed by atoms with E-state index in [1.165, 1.54) is 24.3 Å². The first-order valence-electron chi connectivity index (χ1n) is 6.35. The molecule has 1 saturated carbocycles. The molecule has 0 unspecified atom stereocenters. The summed E-state index contributed by atoms with van der Waals surface area (Å²) < 4.78 is 50.7. The zero-order valence-corrected chi connectivity index (χ0v) is 11.8. The molecule has 2 rings (SSSR count). The lowest BCUT2D eigenvalue weighted by molar-refractivity contribution is -0.138. The van der Waals surface area contributed by atoms with E-state index in [0.717, 1.165) is 0 Å². The molecule has 0 radical (unpaired) electrons. The second kappa shape index (κ2) is 6.07. The Morgan fingerprint density at radius 2 is 1.95 bits per heavy atom. The van der Waals surface area contributed by atoms with Gasteiger partial charge in [-0.25, -0.2) is 21.9 Å². The van der Waals surface area contributed by atoms with Gasteiger partial charge in [0.05, 0.1) is 11.7 Å². The van der Waals surface area contributed by atoms with Gasteiger partial charge in [0.25, 0.3) is 6.43 Å². The molecule has 1 fully saturated rings. The van der Waals surface area contributed by atoms with Crippen molar-refractivity contribution in [1.29, 1.82) is 0 Å². The van der Waals surface area contributed by atoms with Crippen molar-refractivity contribution < 1.29 is 27.1 Å². The monoisotopic (exact) mass is 319 g/mol. The molecule has 1 aliphatic rings. The van der Waals surface area contributed by atoms with Crippen LogP contribution in [0.1, 0.15) is 24.0 Å². The van der Waals surface area contributed by atoms with Crippen LogP contribution >= 0.6 is 0 Å². The number of sulfonamides is 1. The molecular weight excluding hydrogens is 304 g/mol. The van der Waals surface area contributed by atoms with E-state index in [0.29, 0.717) is 12.0 Å². The van der Waals surface area contributed by atoms with Crippen molar-refractivity contribution in [1.82, 2.24) is 4.72 Å². The fraction of sp³-hybridized carbons (Fsp3) is 0.462. The molecule has 1 aromatic carbocycles. The smallest absolute Gasteiger partial charge is 0.306 e. The molecule has 8 heteroatoms. The molecular formula is C13H15F2NO4S. The number of carboxylic acid groups (broad SMARTS) is 1. The minimum atomic E-state index is -3.60. The number of rotatable bonds is 7. The lowest BCUT2D eigenvalue weighted by Gasteiger charge is -2.07. The van der Waals surface area contributed by atoms with Gasteiger partial charge in [-0.3, -0.25) is 4.79 Å². The van der Waals surface area contributed by atoms with Crippen LogP contribution in [0.4, 0.5) is 8.78 Å². The summed E-state index contributed by atoms with van der Waals surface area (Å²) in [5.74, 6) is -1.88. The normalized spacial score (nSPS) is 21.5. The van der Waals surface area contributed by atoms with Gasteiger partial charge < -0.3 is 5.11 Å². The highest BCUT2D eigenvalue weighted by Gasteiger charge is 2.43. The van der Waals surface area contributed by atoms with Crippen LogP contribution in [-0.4, -0.2) is 26.0 Å². The lowest BCUT2D eigenvalue weighted by atomic mass is 10.2. The molecule has 116 valence electrons. The minimum Gasteiger partial charge on any atom is -0.481 e. The fourth-order valence-electron chi connectivity index (χ4n) is 2.04. The Morgan fingerprint density at radius 1 is 1.33 bits per heavy atom. The molecule has 5 nitrogen and oxygen atoms in total. The average molecular weight is 319 g/mol. The number of alkyl halides is 2. The SMILES string of the molecule is O=C(O)[C@@H]1C[C@H]1CNS(=O)(=O)Cc1ccc(C(F)F)cc1. The highest BCUT2D eigenvalue weighted by molar-refractivity contribution is 7.88. The number of aliphatic carboxylic acids is 1. The van der Waals surface area contributed by atoms with Gasteiger partial charge in [0.2, 0.25) is 10.0 Å². The zero-order valence-electron chi connectivity index (χ0n) is 11.0. The Balaban J connectivity index is 1.87. The third-order valence-electron chi connectivity index (χ3n) is 3.39. The second-order valence-electron chi connectivity index (χ2n) is 5.09. The van der Waals surface area contributed by atoms with Crippen LogP contribution in [0, 0.1) is 11.8 Å². The predicted octanol–water partition coefficient (Wildman–Crippen LogP) is 1.76. The molecule has 2 atom stereocenters. The topological polar surface area (TPSA) is 83.5 Å². The fourth-order valence-corrected chi connectivity index (χ4v) is 3.24. The summed E-state index contributed by atoms with van der Waals surface area (Å²) in [6.45, 7) is 0.0917. The molecule has 2 N–H and O–H groups in total. The first kappa shape index (κ1) is 15.8. The minimum absolute atomic E-state index is 0.0917. The van der Waals surface area contributed by atoms with Crippen LogP contribution in [0.15, 0.2) is 24.3 Å². The van der Waals surface area contributed by atoms with E-state index in [9.17, 15) is 22.0 Å². The van der Waals surface area contributed by atoms with Crippen molar-refractivity contribution in [3.63, 3.8) is 0 Å². The van der Waals surface area contributed by atoms with Crippen LogP contribution in [0.3, 0.4) is 0 Å². The Morgan fingerprint density at radius 3 is 2.43 bits per heavy atom. The molecule has 0 amide bonds. The molecule has 21 heavy (non-hydrogen) atoms. The maximum absolute atomic E-state index is 12.4. The summed E-state index contributed by atoms with van der Waals surface area (Å²) in [7, 11) is -3.60. The average Bonchev–Trinajstić information content (AvgIpc) is 3.16. The summed E-state index contributed by atoms with van der Waals surface area (Å²) in [4.78, 5) is 10.6. The third kappa shape index (κ3) is 4.47. The maximum Gasteiger partial charge on any atom is 0.306 e. The summed E-state index contributed by atoms with van der Waals surface area (Å²) >= 11 is 0. The lowest BCUT2D eigenvalue weighted by Crippen LogP contribution is -2.28. The quantitative estimate of drug-likeness (QED) is 0.802. The molecule has 0 heterocycles. The van der Waals surface area contributed by atoms with E-state index in [1.807, 2.05) is 0 Å². The Hall–Kier alpha value is -1.54.